The normalized spacial score (nSPS) is 18.0. The number of benzene rings is 1. The molecule has 1 atom stereocenters. The fourth-order valence-electron chi connectivity index (χ4n) is 1.39. The molecule has 74 valence electrons. The van der Waals surface area contributed by atoms with Crippen LogP contribution in [-0.4, -0.2) is 19.7 Å². The second kappa shape index (κ2) is 3.21. The van der Waals surface area contributed by atoms with E-state index >= 15 is 0 Å². The van der Waals surface area contributed by atoms with Crippen molar-refractivity contribution in [3.63, 3.8) is 0 Å². The average Bonchev–Trinajstić information content (AvgIpc) is 2.56. The molecule has 0 radical (unpaired) electrons. The number of hydrogen-bond acceptors (Lipinski definition) is 4. The monoisotopic (exact) mass is 194 g/mol. The van der Waals surface area contributed by atoms with Crippen LogP contribution >= 0.6 is 0 Å². The molecule has 0 N–H and O–H groups in total. The summed E-state index contributed by atoms with van der Waals surface area (Å²) in [5, 5.41) is 0. The van der Waals surface area contributed by atoms with Crippen LogP contribution < -0.4 is 14.2 Å². The Morgan fingerprint density at radius 3 is 2.86 bits per heavy atom. The first-order chi connectivity index (χ1) is 6.74. The van der Waals surface area contributed by atoms with E-state index in [-0.39, 0.29) is 6.29 Å². The van der Waals surface area contributed by atoms with Gasteiger partial charge in [0.15, 0.2) is 11.5 Å². The maximum Gasteiger partial charge on any atom is 0.239 e. The Labute approximate surface area is 81.4 Å². The van der Waals surface area contributed by atoms with E-state index in [2.05, 4.69) is 0 Å². The van der Waals surface area contributed by atoms with Crippen molar-refractivity contribution >= 4 is 6.29 Å². The van der Waals surface area contributed by atoms with Gasteiger partial charge in [0.05, 0.1) is 7.11 Å². The predicted molar refractivity (Wildman–Crippen MR) is 49.1 cm³/mol. The smallest absolute Gasteiger partial charge is 0.239 e. The Balaban J connectivity index is 2.51. The number of aldehydes is 1. The third-order valence-corrected chi connectivity index (χ3v) is 1.98. The molecular weight excluding hydrogens is 184 g/mol. The minimum absolute atomic E-state index is 0.333. The Bertz CT molecular complexity index is 373. The second-order valence-corrected chi connectivity index (χ2v) is 2.97. The van der Waals surface area contributed by atoms with Gasteiger partial charge in [0.2, 0.25) is 12.0 Å². The largest absolute Gasteiger partial charge is 0.493 e. The lowest BCUT2D eigenvalue weighted by atomic mass is 10.2. The summed E-state index contributed by atoms with van der Waals surface area (Å²) in [6.07, 6.45) is 0.413. The molecule has 14 heavy (non-hydrogen) atoms. The number of hydrogen-bond donors (Lipinski definition) is 0. The number of ether oxygens (including phenoxy) is 3. The van der Waals surface area contributed by atoms with Gasteiger partial charge in [0.1, 0.15) is 6.29 Å². The number of carbonyl (C=O) groups excluding carboxylic acids is 1. The lowest BCUT2D eigenvalue weighted by Crippen LogP contribution is -2.11. The summed E-state index contributed by atoms with van der Waals surface area (Å²) < 4.78 is 15.8. The van der Waals surface area contributed by atoms with Gasteiger partial charge in [-0.1, -0.05) is 0 Å². The van der Waals surface area contributed by atoms with Crippen molar-refractivity contribution in [2.24, 2.45) is 0 Å². The number of rotatable bonds is 2. The van der Waals surface area contributed by atoms with Gasteiger partial charge in [-0.3, -0.25) is 4.79 Å². The molecule has 1 aliphatic heterocycles. The van der Waals surface area contributed by atoms with Crippen LogP contribution in [0.5, 0.6) is 17.2 Å². The quantitative estimate of drug-likeness (QED) is 0.671. The van der Waals surface area contributed by atoms with Crippen LogP contribution in [0.2, 0.25) is 0 Å². The van der Waals surface area contributed by atoms with Crippen molar-refractivity contribution in [1.29, 1.82) is 0 Å². The van der Waals surface area contributed by atoms with Gasteiger partial charge in [-0.05, 0) is 12.1 Å². The third kappa shape index (κ3) is 1.28. The Kier molecular flexibility index (Phi) is 2.04. The van der Waals surface area contributed by atoms with Crippen molar-refractivity contribution in [1.82, 2.24) is 0 Å². The van der Waals surface area contributed by atoms with E-state index in [4.69, 9.17) is 14.2 Å². The highest BCUT2D eigenvalue weighted by Gasteiger charge is 2.24. The highest BCUT2D eigenvalue weighted by atomic mass is 16.7. The number of fused-ring (bicyclic) bond motifs is 1. The van der Waals surface area contributed by atoms with E-state index in [0.717, 1.165) is 6.29 Å². The second-order valence-electron chi connectivity index (χ2n) is 2.97. The van der Waals surface area contributed by atoms with Gasteiger partial charge in [-0.25, -0.2) is 0 Å². The van der Waals surface area contributed by atoms with E-state index in [1.54, 1.807) is 19.1 Å². The zero-order valence-electron chi connectivity index (χ0n) is 7.94. The third-order valence-electron chi connectivity index (χ3n) is 1.98. The van der Waals surface area contributed by atoms with Crippen LogP contribution in [0, 0.1) is 0 Å². The summed E-state index contributed by atoms with van der Waals surface area (Å²) in [6, 6.07) is 3.25. The summed E-state index contributed by atoms with van der Waals surface area (Å²) in [4.78, 5) is 10.6. The molecule has 0 aliphatic carbocycles. The first-order valence-corrected chi connectivity index (χ1v) is 4.25. The van der Waals surface area contributed by atoms with Gasteiger partial charge < -0.3 is 14.2 Å². The summed E-state index contributed by atoms with van der Waals surface area (Å²) >= 11 is 0. The zero-order chi connectivity index (χ0) is 10.1. The van der Waals surface area contributed by atoms with Crippen LogP contribution in [0.4, 0.5) is 0 Å². The molecule has 2 rings (SSSR count). The first kappa shape index (κ1) is 8.87. The Morgan fingerprint density at radius 1 is 1.43 bits per heavy atom. The summed E-state index contributed by atoms with van der Waals surface area (Å²) in [5.74, 6) is 1.64. The molecule has 0 aromatic heterocycles. The number of carbonyl (C=O) groups is 1. The van der Waals surface area contributed by atoms with Gasteiger partial charge in [-0.15, -0.1) is 0 Å². The minimum Gasteiger partial charge on any atom is -0.493 e. The van der Waals surface area contributed by atoms with Crippen molar-refractivity contribution in [3.8, 4) is 17.2 Å². The van der Waals surface area contributed by atoms with Crippen LogP contribution in [0.1, 0.15) is 17.3 Å². The fraction of sp³-hybridized carbons (Fsp3) is 0.300. The van der Waals surface area contributed by atoms with E-state index in [1.807, 2.05) is 0 Å². The molecule has 0 amide bonds. The van der Waals surface area contributed by atoms with E-state index in [9.17, 15) is 4.79 Å². The Morgan fingerprint density at radius 2 is 2.21 bits per heavy atom. The highest BCUT2D eigenvalue weighted by Crippen LogP contribution is 2.43. The van der Waals surface area contributed by atoms with Gasteiger partial charge in [0, 0.05) is 12.5 Å². The summed E-state index contributed by atoms with van der Waals surface area (Å²) in [7, 11) is 1.52. The van der Waals surface area contributed by atoms with E-state index in [1.165, 1.54) is 7.11 Å². The van der Waals surface area contributed by atoms with Crippen molar-refractivity contribution < 1.29 is 19.0 Å². The Hall–Kier alpha value is -1.71. The average molecular weight is 194 g/mol. The first-order valence-electron chi connectivity index (χ1n) is 4.25. The topological polar surface area (TPSA) is 44.8 Å². The van der Waals surface area contributed by atoms with E-state index < -0.39 is 0 Å². The van der Waals surface area contributed by atoms with Gasteiger partial charge in [0.25, 0.3) is 0 Å². The molecule has 1 aromatic rings. The van der Waals surface area contributed by atoms with Crippen LogP contribution in [0.15, 0.2) is 12.1 Å². The van der Waals surface area contributed by atoms with Crippen molar-refractivity contribution in [2.45, 2.75) is 13.2 Å². The molecular formula is C10H10O4. The van der Waals surface area contributed by atoms with Gasteiger partial charge in [-0.2, -0.15) is 0 Å². The highest BCUT2D eigenvalue weighted by molar-refractivity contribution is 5.78. The van der Waals surface area contributed by atoms with Crippen molar-refractivity contribution in [2.75, 3.05) is 7.11 Å². The van der Waals surface area contributed by atoms with Crippen LogP contribution in [0.25, 0.3) is 0 Å². The lowest BCUT2D eigenvalue weighted by Gasteiger charge is -2.04. The standard InChI is InChI=1S/C10H10O4/c1-6-13-9-4-7(5-11)3-8(12-2)10(9)14-6/h3-6H,1-2H3. The number of methoxy groups -OCH3 is 1. The van der Waals surface area contributed by atoms with Gasteiger partial charge >= 0.3 is 0 Å². The summed E-state index contributed by atoms with van der Waals surface area (Å²) in [5.41, 5.74) is 0.512. The SMILES string of the molecule is COc1cc(C=O)cc2c1OC(C)O2. The molecule has 4 heteroatoms. The van der Waals surface area contributed by atoms with Crippen LogP contribution in [0.3, 0.4) is 0 Å². The fourth-order valence-corrected chi connectivity index (χ4v) is 1.39. The summed E-state index contributed by atoms with van der Waals surface area (Å²) in [6.45, 7) is 1.78. The van der Waals surface area contributed by atoms with Crippen molar-refractivity contribution in [3.05, 3.63) is 17.7 Å². The molecule has 0 spiro atoms. The molecule has 0 fully saturated rings. The molecule has 1 unspecified atom stereocenters. The maximum atomic E-state index is 10.6. The minimum atomic E-state index is -0.333. The molecule has 1 aromatic carbocycles. The van der Waals surface area contributed by atoms with Crippen LogP contribution in [-0.2, 0) is 0 Å². The molecule has 0 bridgehead atoms. The zero-order valence-corrected chi connectivity index (χ0v) is 7.94. The maximum absolute atomic E-state index is 10.6. The molecule has 0 saturated carbocycles. The lowest BCUT2D eigenvalue weighted by molar-refractivity contribution is 0.0664. The molecule has 1 aliphatic rings. The predicted octanol–water partition coefficient (Wildman–Crippen LogP) is 1.62. The molecule has 0 saturated heterocycles. The molecule has 1 heterocycles. The molecule has 4 nitrogen and oxygen atoms in total. The van der Waals surface area contributed by atoms with E-state index in [0.29, 0.717) is 22.8 Å².